The summed E-state index contributed by atoms with van der Waals surface area (Å²) in [6.45, 7) is 2.20. The summed E-state index contributed by atoms with van der Waals surface area (Å²) in [4.78, 5) is 0. The van der Waals surface area contributed by atoms with Crippen LogP contribution in [0.25, 0.3) is 0 Å². The van der Waals surface area contributed by atoms with E-state index in [9.17, 15) is 0 Å². The van der Waals surface area contributed by atoms with Crippen LogP contribution < -0.4 is 5.32 Å². The number of aryl methyl sites for hydroxylation is 1. The second-order valence-corrected chi connectivity index (χ2v) is 5.70. The fourth-order valence-corrected chi connectivity index (χ4v) is 3.38. The maximum Gasteiger partial charge on any atom is 0.0187 e. The summed E-state index contributed by atoms with van der Waals surface area (Å²) in [7, 11) is 2.09. The molecule has 1 atom stereocenters. The van der Waals surface area contributed by atoms with Gasteiger partial charge >= 0.3 is 0 Å². The van der Waals surface area contributed by atoms with Gasteiger partial charge in [0.25, 0.3) is 0 Å². The lowest BCUT2D eigenvalue weighted by molar-refractivity contribution is 0.554. The lowest BCUT2D eigenvalue weighted by Gasteiger charge is -2.15. The van der Waals surface area contributed by atoms with Gasteiger partial charge in [0.15, 0.2) is 0 Å². The number of thioether (sulfide) groups is 1. The molecule has 1 fully saturated rings. The highest BCUT2D eigenvalue weighted by Crippen LogP contribution is 2.34. The molecule has 0 bridgehead atoms. The number of nitrogens with one attached hydrogen (secondary N) is 1. The average molecular weight is 235 g/mol. The molecule has 2 heteroatoms. The molecule has 88 valence electrons. The van der Waals surface area contributed by atoms with E-state index in [0.29, 0.717) is 0 Å². The normalized spacial score (nSPS) is 17.4. The maximum absolute atomic E-state index is 3.44. The molecule has 0 saturated heterocycles. The van der Waals surface area contributed by atoms with Gasteiger partial charge in [0.2, 0.25) is 0 Å². The molecule has 0 heterocycles. The smallest absolute Gasteiger partial charge is 0.0187 e. The standard InChI is InChI=1S/C14H21NS/c1-11-5-3-4-6-13(11)9-16-10-14(15-2)12-7-8-12/h3-6,12,14-15H,7-10H2,1-2H3. The highest BCUT2D eigenvalue weighted by molar-refractivity contribution is 7.98. The molecule has 1 aliphatic carbocycles. The van der Waals surface area contributed by atoms with Crippen molar-refractivity contribution < 1.29 is 0 Å². The van der Waals surface area contributed by atoms with E-state index in [1.54, 1.807) is 0 Å². The van der Waals surface area contributed by atoms with E-state index in [0.717, 1.165) is 17.7 Å². The van der Waals surface area contributed by atoms with Gasteiger partial charge in [-0.15, -0.1) is 0 Å². The third-order valence-corrected chi connectivity index (χ3v) is 4.49. The van der Waals surface area contributed by atoms with Crippen molar-refractivity contribution in [1.29, 1.82) is 0 Å². The van der Waals surface area contributed by atoms with Crippen LogP contribution in [0.15, 0.2) is 24.3 Å². The Hall–Kier alpha value is -0.470. The second kappa shape index (κ2) is 5.74. The fraction of sp³-hybridized carbons (Fsp3) is 0.571. The molecule has 1 saturated carbocycles. The van der Waals surface area contributed by atoms with Gasteiger partial charge < -0.3 is 5.32 Å². The minimum atomic E-state index is 0.731. The molecule has 1 aromatic rings. The molecule has 16 heavy (non-hydrogen) atoms. The Morgan fingerprint density at radius 1 is 1.38 bits per heavy atom. The van der Waals surface area contributed by atoms with Crippen molar-refractivity contribution in [3.63, 3.8) is 0 Å². The average Bonchev–Trinajstić information content (AvgIpc) is 3.11. The summed E-state index contributed by atoms with van der Waals surface area (Å²) in [6.07, 6.45) is 2.85. The zero-order valence-electron chi connectivity index (χ0n) is 10.2. The van der Waals surface area contributed by atoms with E-state index in [2.05, 4.69) is 55.3 Å². The number of hydrogen-bond acceptors (Lipinski definition) is 2. The molecule has 1 N–H and O–H groups in total. The molecular formula is C14H21NS. The van der Waals surface area contributed by atoms with Crippen LogP contribution >= 0.6 is 11.8 Å². The van der Waals surface area contributed by atoms with Gasteiger partial charge in [-0.05, 0) is 43.9 Å². The summed E-state index contributed by atoms with van der Waals surface area (Å²) >= 11 is 2.06. The molecule has 0 aliphatic heterocycles. The van der Waals surface area contributed by atoms with Crippen LogP contribution in [0.1, 0.15) is 24.0 Å². The van der Waals surface area contributed by atoms with Crippen LogP contribution in [0.5, 0.6) is 0 Å². The first kappa shape index (κ1) is 12.0. The summed E-state index contributed by atoms with van der Waals surface area (Å²) in [6, 6.07) is 9.43. The molecule has 2 rings (SSSR count). The molecule has 1 nitrogen and oxygen atoms in total. The summed E-state index contributed by atoms with van der Waals surface area (Å²) in [5, 5.41) is 3.44. The molecule has 0 amide bonds. The third kappa shape index (κ3) is 3.26. The van der Waals surface area contributed by atoms with Gasteiger partial charge in [-0.1, -0.05) is 24.3 Å². The quantitative estimate of drug-likeness (QED) is 0.812. The minimum absolute atomic E-state index is 0.731. The zero-order chi connectivity index (χ0) is 11.4. The van der Waals surface area contributed by atoms with Gasteiger partial charge in [0.1, 0.15) is 0 Å². The SMILES string of the molecule is CNC(CSCc1ccccc1C)C1CC1. The third-order valence-electron chi connectivity index (χ3n) is 3.38. The molecule has 0 aromatic heterocycles. The summed E-state index contributed by atoms with van der Waals surface area (Å²) < 4.78 is 0. The molecular weight excluding hydrogens is 214 g/mol. The van der Waals surface area contributed by atoms with Crippen LogP contribution in [-0.4, -0.2) is 18.8 Å². The largest absolute Gasteiger partial charge is 0.316 e. The highest BCUT2D eigenvalue weighted by Gasteiger charge is 2.29. The van der Waals surface area contributed by atoms with Gasteiger partial charge in [-0.25, -0.2) is 0 Å². The number of hydrogen-bond donors (Lipinski definition) is 1. The molecule has 1 aliphatic rings. The monoisotopic (exact) mass is 235 g/mol. The van der Waals surface area contributed by atoms with Crippen molar-refractivity contribution in [2.75, 3.05) is 12.8 Å². The van der Waals surface area contributed by atoms with Crippen molar-refractivity contribution in [2.45, 2.75) is 31.6 Å². The van der Waals surface area contributed by atoms with Gasteiger partial charge in [0.05, 0.1) is 0 Å². The lowest BCUT2D eigenvalue weighted by Crippen LogP contribution is -2.29. The predicted molar refractivity (Wildman–Crippen MR) is 72.9 cm³/mol. The number of benzene rings is 1. The number of rotatable bonds is 6. The van der Waals surface area contributed by atoms with Crippen molar-refractivity contribution >= 4 is 11.8 Å². The Morgan fingerprint density at radius 3 is 2.75 bits per heavy atom. The maximum atomic E-state index is 3.44. The van der Waals surface area contributed by atoms with E-state index < -0.39 is 0 Å². The Labute approximate surface area is 103 Å². The molecule has 1 unspecified atom stereocenters. The minimum Gasteiger partial charge on any atom is -0.316 e. The molecule has 1 aromatic carbocycles. The first-order valence-corrected chi connectivity index (χ1v) is 7.26. The van der Waals surface area contributed by atoms with Crippen LogP contribution in [0.3, 0.4) is 0 Å². The second-order valence-electron chi connectivity index (χ2n) is 4.67. The summed E-state index contributed by atoms with van der Waals surface area (Å²) in [5.41, 5.74) is 2.90. The van der Waals surface area contributed by atoms with Crippen LogP contribution in [-0.2, 0) is 5.75 Å². The Kier molecular flexibility index (Phi) is 4.30. The van der Waals surface area contributed by atoms with Crippen molar-refractivity contribution in [3.8, 4) is 0 Å². The van der Waals surface area contributed by atoms with Gasteiger partial charge in [-0.2, -0.15) is 11.8 Å². The molecule has 0 spiro atoms. The van der Waals surface area contributed by atoms with E-state index >= 15 is 0 Å². The van der Waals surface area contributed by atoms with Gasteiger partial charge in [-0.3, -0.25) is 0 Å². The first-order chi connectivity index (χ1) is 7.81. The van der Waals surface area contributed by atoms with Gasteiger partial charge in [0, 0.05) is 17.5 Å². The van der Waals surface area contributed by atoms with Crippen molar-refractivity contribution in [1.82, 2.24) is 5.32 Å². The Balaban J connectivity index is 1.77. The van der Waals surface area contributed by atoms with E-state index in [4.69, 9.17) is 0 Å². The zero-order valence-corrected chi connectivity index (χ0v) is 11.0. The highest BCUT2D eigenvalue weighted by atomic mass is 32.2. The summed E-state index contributed by atoms with van der Waals surface area (Å²) in [5.74, 6) is 3.35. The van der Waals surface area contributed by atoms with E-state index in [1.807, 2.05) is 0 Å². The topological polar surface area (TPSA) is 12.0 Å². The first-order valence-electron chi connectivity index (χ1n) is 6.11. The van der Waals surface area contributed by atoms with Crippen molar-refractivity contribution in [3.05, 3.63) is 35.4 Å². The Bertz CT molecular complexity index is 333. The molecule has 0 radical (unpaired) electrons. The van der Waals surface area contributed by atoms with Crippen LogP contribution in [0, 0.1) is 12.8 Å². The van der Waals surface area contributed by atoms with E-state index in [1.165, 1.54) is 29.7 Å². The fourth-order valence-electron chi connectivity index (χ4n) is 2.02. The lowest BCUT2D eigenvalue weighted by atomic mass is 10.1. The van der Waals surface area contributed by atoms with E-state index in [-0.39, 0.29) is 0 Å². The predicted octanol–water partition coefficient (Wildman–Crippen LogP) is 3.23. The van der Waals surface area contributed by atoms with Crippen LogP contribution in [0.4, 0.5) is 0 Å². The van der Waals surface area contributed by atoms with Crippen molar-refractivity contribution in [2.24, 2.45) is 5.92 Å². The Morgan fingerprint density at radius 2 is 2.12 bits per heavy atom. The van der Waals surface area contributed by atoms with Crippen LogP contribution in [0.2, 0.25) is 0 Å².